The van der Waals surface area contributed by atoms with E-state index in [0.717, 1.165) is 16.8 Å². The van der Waals surface area contributed by atoms with Crippen molar-refractivity contribution in [3.05, 3.63) is 79.0 Å². The van der Waals surface area contributed by atoms with Crippen LogP contribution in [0.25, 0.3) is 16.9 Å². The first-order valence-electron chi connectivity index (χ1n) is 7.75. The molecule has 0 radical (unpaired) electrons. The Labute approximate surface area is 143 Å². The van der Waals surface area contributed by atoms with Gasteiger partial charge in [-0.05, 0) is 30.3 Å². The predicted octanol–water partition coefficient (Wildman–Crippen LogP) is 3.41. The fourth-order valence-electron chi connectivity index (χ4n) is 2.63. The largest absolute Gasteiger partial charge is 0.381 e. The van der Waals surface area contributed by atoms with Crippen molar-refractivity contribution in [3.63, 3.8) is 0 Å². The van der Waals surface area contributed by atoms with Gasteiger partial charge >= 0.3 is 0 Å². The molecule has 0 aliphatic heterocycles. The predicted molar refractivity (Wildman–Crippen MR) is 92.7 cm³/mol. The number of hydrogen-bond acceptors (Lipinski definition) is 4. The average Bonchev–Trinajstić information content (AvgIpc) is 3.32. The third-order valence-electron chi connectivity index (χ3n) is 3.88. The molecule has 7 heteroatoms. The topological polar surface area (TPSA) is 71.4 Å². The van der Waals surface area contributed by atoms with E-state index in [1.54, 1.807) is 47.9 Å². The van der Waals surface area contributed by atoms with Crippen molar-refractivity contribution in [1.82, 2.24) is 24.7 Å². The Balaban J connectivity index is 1.51. The van der Waals surface area contributed by atoms with Gasteiger partial charge in [0.1, 0.15) is 5.82 Å². The van der Waals surface area contributed by atoms with Crippen LogP contribution in [-0.2, 0) is 6.54 Å². The smallest absolute Gasteiger partial charge is 0.149 e. The third-order valence-corrected chi connectivity index (χ3v) is 3.88. The van der Waals surface area contributed by atoms with E-state index in [-0.39, 0.29) is 5.82 Å². The molecule has 124 valence electrons. The van der Waals surface area contributed by atoms with Crippen molar-refractivity contribution in [3.8, 4) is 16.9 Å². The number of rotatable bonds is 5. The molecule has 0 fully saturated rings. The number of aromatic nitrogens is 5. The molecule has 3 heterocycles. The molecule has 0 bridgehead atoms. The Morgan fingerprint density at radius 3 is 2.84 bits per heavy atom. The number of anilines is 1. The molecule has 0 saturated heterocycles. The summed E-state index contributed by atoms with van der Waals surface area (Å²) >= 11 is 0. The summed E-state index contributed by atoms with van der Waals surface area (Å²) in [6.45, 7) is 0.518. The van der Waals surface area contributed by atoms with Gasteiger partial charge in [-0.1, -0.05) is 0 Å². The molecule has 0 atom stereocenters. The number of halogens is 1. The highest BCUT2D eigenvalue weighted by atomic mass is 19.1. The quantitative estimate of drug-likeness (QED) is 0.587. The first-order valence-corrected chi connectivity index (χ1v) is 7.75. The van der Waals surface area contributed by atoms with E-state index in [1.807, 2.05) is 18.2 Å². The van der Waals surface area contributed by atoms with E-state index in [2.05, 4.69) is 25.5 Å². The molecule has 0 amide bonds. The zero-order valence-electron chi connectivity index (χ0n) is 13.2. The Morgan fingerprint density at radius 2 is 2.08 bits per heavy atom. The SMILES string of the molecule is Fc1cc(NCc2cn[nH]c2-c2cccnc2)ccc1-n1ccnc1. The second-order valence-corrected chi connectivity index (χ2v) is 5.50. The maximum atomic E-state index is 14.3. The molecular formula is C18H15FN6. The highest BCUT2D eigenvalue weighted by molar-refractivity contribution is 5.62. The summed E-state index contributed by atoms with van der Waals surface area (Å²) < 4.78 is 15.9. The summed E-state index contributed by atoms with van der Waals surface area (Å²) in [6, 6.07) is 8.86. The lowest BCUT2D eigenvalue weighted by Crippen LogP contribution is -2.02. The Bertz CT molecular complexity index is 962. The van der Waals surface area contributed by atoms with Gasteiger partial charge in [-0.25, -0.2) is 9.37 Å². The second kappa shape index (κ2) is 6.56. The molecule has 0 aliphatic rings. The van der Waals surface area contributed by atoms with Gasteiger partial charge in [0.05, 0.1) is 23.9 Å². The van der Waals surface area contributed by atoms with Crippen LogP contribution in [-0.4, -0.2) is 24.7 Å². The van der Waals surface area contributed by atoms with Gasteiger partial charge in [-0.15, -0.1) is 0 Å². The second-order valence-electron chi connectivity index (χ2n) is 5.50. The Hall–Kier alpha value is -3.48. The summed E-state index contributed by atoms with van der Waals surface area (Å²) in [5.41, 5.74) is 3.99. The normalized spacial score (nSPS) is 10.8. The van der Waals surface area contributed by atoms with Crippen LogP contribution in [0.5, 0.6) is 0 Å². The fraction of sp³-hybridized carbons (Fsp3) is 0.0556. The van der Waals surface area contributed by atoms with Crippen molar-refractivity contribution in [2.45, 2.75) is 6.54 Å². The van der Waals surface area contributed by atoms with E-state index >= 15 is 0 Å². The van der Waals surface area contributed by atoms with E-state index in [9.17, 15) is 4.39 Å². The van der Waals surface area contributed by atoms with Crippen LogP contribution in [0.4, 0.5) is 10.1 Å². The summed E-state index contributed by atoms with van der Waals surface area (Å²) in [5, 5.41) is 10.3. The molecule has 3 aromatic heterocycles. The van der Waals surface area contributed by atoms with Crippen LogP contribution >= 0.6 is 0 Å². The molecule has 4 rings (SSSR count). The standard InChI is InChI=1S/C18H15FN6/c19-16-8-15(3-4-17(16)25-7-6-21-12-25)22-10-14-11-23-24-18(14)13-2-1-5-20-9-13/h1-9,11-12,22H,10H2,(H,23,24). The molecule has 2 N–H and O–H groups in total. The minimum atomic E-state index is -0.317. The van der Waals surface area contributed by atoms with E-state index in [0.29, 0.717) is 17.9 Å². The van der Waals surface area contributed by atoms with E-state index in [1.165, 1.54) is 6.07 Å². The number of hydrogen-bond donors (Lipinski definition) is 2. The van der Waals surface area contributed by atoms with Crippen molar-refractivity contribution >= 4 is 5.69 Å². The molecule has 0 spiro atoms. The monoisotopic (exact) mass is 334 g/mol. The lowest BCUT2D eigenvalue weighted by molar-refractivity contribution is 0.618. The van der Waals surface area contributed by atoms with Crippen LogP contribution in [0.1, 0.15) is 5.56 Å². The number of nitrogens with one attached hydrogen (secondary N) is 2. The van der Waals surface area contributed by atoms with E-state index < -0.39 is 0 Å². The molecule has 1 aromatic carbocycles. The molecule has 0 unspecified atom stereocenters. The number of pyridine rings is 1. The van der Waals surface area contributed by atoms with E-state index in [4.69, 9.17) is 0 Å². The van der Waals surface area contributed by atoms with Gasteiger partial charge in [0.25, 0.3) is 0 Å². The van der Waals surface area contributed by atoms with Crippen molar-refractivity contribution in [1.29, 1.82) is 0 Å². The summed E-state index contributed by atoms with van der Waals surface area (Å²) in [6.07, 6.45) is 10.1. The first kappa shape index (κ1) is 15.1. The number of imidazole rings is 1. The minimum absolute atomic E-state index is 0.317. The highest BCUT2D eigenvalue weighted by Crippen LogP contribution is 2.22. The molecule has 4 aromatic rings. The molecular weight excluding hydrogens is 319 g/mol. The van der Waals surface area contributed by atoms with Gasteiger partial charge in [0, 0.05) is 48.1 Å². The van der Waals surface area contributed by atoms with Gasteiger partial charge in [0.15, 0.2) is 0 Å². The summed E-state index contributed by atoms with van der Waals surface area (Å²) in [5.74, 6) is -0.317. The average molecular weight is 334 g/mol. The maximum Gasteiger partial charge on any atom is 0.149 e. The molecule has 0 saturated carbocycles. The maximum absolute atomic E-state index is 14.3. The lowest BCUT2D eigenvalue weighted by atomic mass is 10.1. The van der Waals surface area contributed by atoms with Crippen molar-refractivity contribution in [2.24, 2.45) is 0 Å². The zero-order valence-corrected chi connectivity index (χ0v) is 13.2. The number of benzene rings is 1. The van der Waals surface area contributed by atoms with Crippen molar-refractivity contribution in [2.75, 3.05) is 5.32 Å². The van der Waals surface area contributed by atoms with Crippen LogP contribution in [0.15, 0.2) is 67.6 Å². The fourth-order valence-corrected chi connectivity index (χ4v) is 2.63. The zero-order chi connectivity index (χ0) is 17.1. The summed E-state index contributed by atoms with van der Waals surface area (Å²) in [4.78, 5) is 8.06. The molecule has 0 aliphatic carbocycles. The molecule has 6 nitrogen and oxygen atoms in total. The van der Waals surface area contributed by atoms with Crippen LogP contribution in [0, 0.1) is 5.82 Å². The van der Waals surface area contributed by atoms with Gasteiger partial charge in [0.2, 0.25) is 0 Å². The first-order chi connectivity index (χ1) is 12.3. The number of H-pyrrole nitrogens is 1. The summed E-state index contributed by atoms with van der Waals surface area (Å²) in [7, 11) is 0. The third kappa shape index (κ3) is 3.12. The number of aromatic amines is 1. The Kier molecular flexibility index (Phi) is 3.96. The lowest BCUT2D eigenvalue weighted by Gasteiger charge is -2.09. The van der Waals surface area contributed by atoms with Crippen LogP contribution < -0.4 is 5.32 Å². The number of nitrogens with zero attached hydrogens (tertiary/aromatic N) is 4. The molecule has 25 heavy (non-hydrogen) atoms. The van der Waals surface area contributed by atoms with Crippen LogP contribution in [0.2, 0.25) is 0 Å². The van der Waals surface area contributed by atoms with Gasteiger partial charge in [-0.2, -0.15) is 5.10 Å². The van der Waals surface area contributed by atoms with Gasteiger partial charge in [-0.3, -0.25) is 10.1 Å². The highest BCUT2D eigenvalue weighted by Gasteiger charge is 2.09. The Morgan fingerprint density at radius 1 is 1.12 bits per heavy atom. The minimum Gasteiger partial charge on any atom is -0.381 e. The van der Waals surface area contributed by atoms with Crippen molar-refractivity contribution < 1.29 is 4.39 Å². The van der Waals surface area contributed by atoms with Crippen LogP contribution in [0.3, 0.4) is 0 Å². The van der Waals surface area contributed by atoms with Gasteiger partial charge < -0.3 is 9.88 Å².